The highest BCUT2D eigenvalue weighted by atomic mass is 16.3. The topological polar surface area (TPSA) is 35.5 Å². The van der Waals surface area contributed by atoms with Crippen molar-refractivity contribution in [3.05, 3.63) is 35.9 Å². The summed E-state index contributed by atoms with van der Waals surface area (Å²) >= 11 is 0. The molecule has 3 nitrogen and oxygen atoms in total. The molecule has 1 aliphatic rings. The summed E-state index contributed by atoms with van der Waals surface area (Å²) in [6, 6.07) is 11.7. The van der Waals surface area contributed by atoms with Gasteiger partial charge in [-0.25, -0.2) is 0 Å². The fraction of sp³-hybridized carbons (Fsp3) is 0.625. The average Bonchev–Trinajstić information content (AvgIpc) is 3.25. The molecule has 0 spiro atoms. The van der Waals surface area contributed by atoms with E-state index in [0.29, 0.717) is 18.0 Å². The van der Waals surface area contributed by atoms with Crippen LogP contribution in [-0.4, -0.2) is 42.8 Å². The van der Waals surface area contributed by atoms with Crippen LogP contribution in [0.1, 0.15) is 31.4 Å². The number of aliphatic hydroxyl groups excluding tert-OH is 1. The number of hydrogen-bond donors (Lipinski definition) is 2. The number of hydrogen-bond acceptors (Lipinski definition) is 3. The molecule has 2 rings (SSSR count). The minimum atomic E-state index is 0.263. The summed E-state index contributed by atoms with van der Waals surface area (Å²) in [6.07, 6.45) is 2.59. The van der Waals surface area contributed by atoms with Gasteiger partial charge >= 0.3 is 0 Å². The molecule has 2 atom stereocenters. The Hall–Kier alpha value is -0.900. The first kappa shape index (κ1) is 14.5. The minimum absolute atomic E-state index is 0.263. The third-order valence-corrected chi connectivity index (χ3v) is 4.01. The lowest BCUT2D eigenvalue weighted by molar-refractivity contribution is 0.160. The molecule has 1 aromatic rings. The van der Waals surface area contributed by atoms with Crippen LogP contribution in [0, 0.1) is 5.92 Å². The van der Waals surface area contributed by atoms with Gasteiger partial charge in [-0.2, -0.15) is 0 Å². The third kappa shape index (κ3) is 4.03. The van der Waals surface area contributed by atoms with Crippen LogP contribution in [0.15, 0.2) is 30.3 Å². The summed E-state index contributed by atoms with van der Waals surface area (Å²) in [5, 5.41) is 12.6. The average molecular weight is 262 g/mol. The highest BCUT2D eigenvalue weighted by Gasteiger charge is 2.30. The Morgan fingerprint density at radius 2 is 2.00 bits per heavy atom. The highest BCUT2D eigenvalue weighted by molar-refractivity contribution is 5.19. The van der Waals surface area contributed by atoms with E-state index in [-0.39, 0.29) is 6.61 Å². The Morgan fingerprint density at radius 1 is 1.32 bits per heavy atom. The largest absolute Gasteiger partial charge is 0.395 e. The molecule has 0 amide bonds. The van der Waals surface area contributed by atoms with Crippen molar-refractivity contribution in [2.24, 2.45) is 5.92 Å². The van der Waals surface area contributed by atoms with Crippen molar-refractivity contribution in [3.8, 4) is 0 Å². The van der Waals surface area contributed by atoms with E-state index >= 15 is 0 Å². The van der Waals surface area contributed by atoms with E-state index in [1.54, 1.807) is 0 Å². The number of rotatable bonds is 8. The van der Waals surface area contributed by atoms with Gasteiger partial charge in [-0.1, -0.05) is 37.3 Å². The van der Waals surface area contributed by atoms with Crippen LogP contribution in [-0.2, 0) is 0 Å². The van der Waals surface area contributed by atoms with Gasteiger partial charge in [0, 0.05) is 25.2 Å². The monoisotopic (exact) mass is 262 g/mol. The molecule has 1 aromatic carbocycles. The Kier molecular flexibility index (Phi) is 5.37. The quantitative estimate of drug-likeness (QED) is 0.752. The number of nitrogens with one attached hydrogen (secondary N) is 1. The Labute approximate surface area is 116 Å². The van der Waals surface area contributed by atoms with Crippen molar-refractivity contribution in [1.82, 2.24) is 10.2 Å². The van der Waals surface area contributed by atoms with Crippen molar-refractivity contribution < 1.29 is 5.11 Å². The molecule has 1 aliphatic carbocycles. The maximum atomic E-state index is 9.18. The minimum Gasteiger partial charge on any atom is -0.395 e. The fourth-order valence-electron chi connectivity index (χ4n) is 2.91. The first-order valence-corrected chi connectivity index (χ1v) is 7.33. The molecule has 0 heterocycles. The van der Waals surface area contributed by atoms with Crippen molar-refractivity contribution in [2.75, 3.05) is 26.7 Å². The number of nitrogens with zero attached hydrogens (tertiary/aromatic N) is 1. The van der Waals surface area contributed by atoms with Gasteiger partial charge in [0.25, 0.3) is 0 Å². The molecular weight excluding hydrogens is 236 g/mol. The highest BCUT2D eigenvalue weighted by Crippen LogP contribution is 2.29. The molecule has 2 N–H and O–H groups in total. The molecule has 0 radical (unpaired) electrons. The van der Waals surface area contributed by atoms with Crippen molar-refractivity contribution in [2.45, 2.75) is 31.8 Å². The van der Waals surface area contributed by atoms with Crippen molar-refractivity contribution >= 4 is 0 Å². The van der Waals surface area contributed by atoms with Crippen LogP contribution in [0.2, 0.25) is 0 Å². The molecule has 1 fully saturated rings. The first-order valence-electron chi connectivity index (χ1n) is 7.33. The predicted octanol–water partition coefficient (Wildman–Crippen LogP) is 2.04. The summed E-state index contributed by atoms with van der Waals surface area (Å²) < 4.78 is 0. The van der Waals surface area contributed by atoms with E-state index in [9.17, 15) is 5.11 Å². The van der Waals surface area contributed by atoms with Crippen LogP contribution in [0.4, 0.5) is 0 Å². The molecule has 0 aliphatic heterocycles. The van der Waals surface area contributed by atoms with E-state index in [4.69, 9.17) is 0 Å². The zero-order valence-electron chi connectivity index (χ0n) is 12.0. The van der Waals surface area contributed by atoms with Gasteiger partial charge in [0.1, 0.15) is 0 Å². The lowest BCUT2D eigenvalue weighted by Gasteiger charge is -2.30. The molecule has 2 unspecified atom stereocenters. The molecule has 106 valence electrons. The normalized spacial score (nSPS) is 18.5. The van der Waals surface area contributed by atoms with Crippen molar-refractivity contribution in [1.29, 1.82) is 0 Å². The molecular formula is C16H26N2O. The molecule has 0 bridgehead atoms. The maximum absolute atomic E-state index is 9.18. The second-order valence-corrected chi connectivity index (χ2v) is 5.60. The second-order valence-electron chi connectivity index (χ2n) is 5.60. The van der Waals surface area contributed by atoms with E-state index < -0.39 is 0 Å². The Bertz CT molecular complexity index is 364. The van der Waals surface area contributed by atoms with Crippen LogP contribution < -0.4 is 5.32 Å². The summed E-state index contributed by atoms with van der Waals surface area (Å²) in [4.78, 5) is 2.44. The van der Waals surface area contributed by atoms with Gasteiger partial charge in [0.15, 0.2) is 0 Å². The SMILES string of the molecule is CNC(c1ccccc1)C(C)CN(CCO)C1CC1. The van der Waals surface area contributed by atoms with Gasteiger partial charge in [-0.3, -0.25) is 4.90 Å². The lowest BCUT2D eigenvalue weighted by Crippen LogP contribution is -2.37. The summed E-state index contributed by atoms with van der Waals surface area (Å²) in [6.45, 7) is 4.41. The first-order chi connectivity index (χ1) is 9.26. The second kappa shape index (κ2) is 7.04. The van der Waals surface area contributed by atoms with Gasteiger partial charge in [-0.15, -0.1) is 0 Å². The predicted molar refractivity (Wildman–Crippen MR) is 79.1 cm³/mol. The van der Waals surface area contributed by atoms with Crippen LogP contribution in [0.3, 0.4) is 0 Å². The summed E-state index contributed by atoms with van der Waals surface area (Å²) in [7, 11) is 2.03. The smallest absolute Gasteiger partial charge is 0.0558 e. The maximum Gasteiger partial charge on any atom is 0.0558 e. The molecule has 1 saturated carbocycles. The zero-order chi connectivity index (χ0) is 13.7. The van der Waals surface area contributed by atoms with Crippen LogP contribution in [0.25, 0.3) is 0 Å². The van der Waals surface area contributed by atoms with Gasteiger partial charge in [0.05, 0.1) is 6.61 Å². The lowest BCUT2D eigenvalue weighted by atomic mass is 9.94. The summed E-state index contributed by atoms with van der Waals surface area (Å²) in [5.41, 5.74) is 1.34. The third-order valence-electron chi connectivity index (χ3n) is 4.01. The van der Waals surface area contributed by atoms with Gasteiger partial charge in [0.2, 0.25) is 0 Å². The van der Waals surface area contributed by atoms with Gasteiger partial charge in [-0.05, 0) is 31.4 Å². The van der Waals surface area contributed by atoms with E-state index in [0.717, 1.165) is 13.1 Å². The molecule has 0 saturated heterocycles. The number of benzene rings is 1. The van der Waals surface area contributed by atoms with Crippen LogP contribution in [0.5, 0.6) is 0 Å². The number of aliphatic hydroxyl groups is 1. The van der Waals surface area contributed by atoms with E-state index in [1.165, 1.54) is 18.4 Å². The standard InChI is InChI=1S/C16H26N2O/c1-13(12-18(10-11-19)15-8-9-15)16(17-2)14-6-4-3-5-7-14/h3-7,13,15-17,19H,8-12H2,1-2H3. The fourth-order valence-corrected chi connectivity index (χ4v) is 2.91. The molecule has 19 heavy (non-hydrogen) atoms. The van der Waals surface area contributed by atoms with Crippen LogP contribution >= 0.6 is 0 Å². The summed E-state index contributed by atoms with van der Waals surface area (Å²) in [5.74, 6) is 0.527. The van der Waals surface area contributed by atoms with E-state index in [2.05, 4.69) is 47.5 Å². The Balaban J connectivity index is 1.97. The van der Waals surface area contributed by atoms with E-state index in [1.807, 2.05) is 7.05 Å². The molecule has 3 heteroatoms. The van der Waals surface area contributed by atoms with Crippen molar-refractivity contribution in [3.63, 3.8) is 0 Å². The Morgan fingerprint density at radius 3 is 2.53 bits per heavy atom. The molecule has 0 aromatic heterocycles. The van der Waals surface area contributed by atoms with Gasteiger partial charge < -0.3 is 10.4 Å². The zero-order valence-corrected chi connectivity index (χ0v) is 12.0.